The highest BCUT2D eigenvalue weighted by Crippen LogP contribution is 2.35. The van der Waals surface area contributed by atoms with Crippen LogP contribution in [0, 0.1) is 0 Å². The van der Waals surface area contributed by atoms with Gasteiger partial charge in [-0.1, -0.05) is 31.5 Å². The van der Waals surface area contributed by atoms with Gasteiger partial charge in [-0.05, 0) is 42.3 Å². The molecule has 0 spiro atoms. The molecule has 0 bridgehead atoms. The van der Waals surface area contributed by atoms with Crippen molar-refractivity contribution < 1.29 is 0 Å². The minimum Gasteiger partial charge on any atom is -0.398 e. The largest absolute Gasteiger partial charge is 0.398 e. The van der Waals surface area contributed by atoms with E-state index < -0.39 is 0 Å². The van der Waals surface area contributed by atoms with Crippen LogP contribution in [0.5, 0.6) is 0 Å². The van der Waals surface area contributed by atoms with Gasteiger partial charge in [-0.15, -0.1) is 5.10 Å². The number of hydrogen-bond acceptors (Lipinski definition) is 4. The predicted molar refractivity (Wildman–Crippen MR) is 76.9 cm³/mol. The van der Waals surface area contributed by atoms with E-state index in [2.05, 4.69) is 36.3 Å². The summed E-state index contributed by atoms with van der Waals surface area (Å²) in [7, 11) is 0. The third-order valence-corrected chi connectivity index (χ3v) is 4.09. The van der Waals surface area contributed by atoms with E-state index in [1.54, 1.807) is 12.1 Å². The van der Waals surface area contributed by atoms with Crippen molar-refractivity contribution >= 4 is 17.3 Å². The number of nitrogen functional groups attached to an aromatic ring is 1. The second-order valence-electron chi connectivity index (χ2n) is 4.82. The van der Waals surface area contributed by atoms with Crippen molar-refractivity contribution in [1.29, 1.82) is 0 Å². The van der Waals surface area contributed by atoms with E-state index in [0.29, 0.717) is 22.1 Å². The van der Waals surface area contributed by atoms with E-state index in [1.807, 2.05) is 10.7 Å². The molecule has 0 aliphatic rings. The normalized spacial score (nSPS) is 11.8. The van der Waals surface area contributed by atoms with E-state index in [1.165, 1.54) is 0 Å². The van der Waals surface area contributed by atoms with Crippen molar-refractivity contribution in [2.45, 2.75) is 39.2 Å². The first-order chi connectivity index (χ1) is 9.03. The number of tetrazole rings is 1. The van der Waals surface area contributed by atoms with Gasteiger partial charge >= 0.3 is 0 Å². The molecular formula is C13H18ClN5. The lowest BCUT2D eigenvalue weighted by atomic mass is 9.95. The minimum atomic E-state index is -0.148. The van der Waals surface area contributed by atoms with Crippen LogP contribution in [0.1, 0.15) is 33.6 Å². The highest BCUT2D eigenvalue weighted by Gasteiger charge is 2.28. The summed E-state index contributed by atoms with van der Waals surface area (Å²) < 4.78 is 1.82. The second-order valence-corrected chi connectivity index (χ2v) is 5.23. The van der Waals surface area contributed by atoms with Crippen LogP contribution in [0.4, 0.5) is 5.69 Å². The second kappa shape index (κ2) is 5.17. The predicted octanol–water partition coefficient (Wildman–Crippen LogP) is 3.11. The third-order valence-electron chi connectivity index (χ3n) is 3.77. The first-order valence-corrected chi connectivity index (χ1v) is 6.74. The Morgan fingerprint density at radius 2 is 2.00 bits per heavy atom. The smallest absolute Gasteiger partial charge is 0.186 e. The molecule has 1 heterocycles. The molecule has 2 aromatic rings. The van der Waals surface area contributed by atoms with Gasteiger partial charge in [0.25, 0.3) is 0 Å². The number of nitrogens with zero attached hydrogens (tertiary/aromatic N) is 4. The molecule has 0 aliphatic heterocycles. The number of nitrogens with two attached hydrogens (primary N) is 1. The van der Waals surface area contributed by atoms with Crippen molar-refractivity contribution in [1.82, 2.24) is 20.2 Å². The maximum absolute atomic E-state index is 6.24. The Hall–Kier alpha value is -1.62. The molecule has 0 amide bonds. The molecule has 0 saturated heterocycles. The van der Waals surface area contributed by atoms with Gasteiger partial charge in [0.15, 0.2) is 5.82 Å². The molecule has 5 nitrogen and oxygen atoms in total. The van der Waals surface area contributed by atoms with E-state index in [-0.39, 0.29) is 5.54 Å². The summed E-state index contributed by atoms with van der Waals surface area (Å²) in [6.45, 7) is 6.36. The Balaban J connectivity index is 2.63. The maximum Gasteiger partial charge on any atom is 0.186 e. The number of anilines is 1. The first-order valence-electron chi connectivity index (χ1n) is 6.36. The van der Waals surface area contributed by atoms with Gasteiger partial charge in [-0.25, -0.2) is 4.68 Å². The monoisotopic (exact) mass is 279 g/mol. The molecule has 0 atom stereocenters. The molecule has 0 saturated carbocycles. The van der Waals surface area contributed by atoms with E-state index in [0.717, 1.165) is 12.8 Å². The van der Waals surface area contributed by atoms with Crippen LogP contribution in [0.2, 0.25) is 5.02 Å². The lowest BCUT2D eigenvalue weighted by molar-refractivity contribution is 0.262. The summed E-state index contributed by atoms with van der Waals surface area (Å²) in [5.41, 5.74) is 7.14. The van der Waals surface area contributed by atoms with Crippen LogP contribution in [-0.4, -0.2) is 20.2 Å². The molecule has 6 heteroatoms. The number of aromatic nitrogens is 4. The highest BCUT2D eigenvalue weighted by molar-refractivity contribution is 6.33. The van der Waals surface area contributed by atoms with E-state index in [4.69, 9.17) is 17.3 Å². The van der Waals surface area contributed by atoms with Crippen LogP contribution in [0.25, 0.3) is 11.4 Å². The fourth-order valence-electron chi connectivity index (χ4n) is 2.03. The standard InChI is InChI=1S/C13H18ClN5/c1-4-13(3,5-2)19-12(16-17-18-19)11-9(14)7-6-8-10(11)15/h6-8H,4-5,15H2,1-3H3. The van der Waals surface area contributed by atoms with Gasteiger partial charge in [0.05, 0.1) is 16.1 Å². The number of halogens is 1. The minimum absolute atomic E-state index is 0.148. The molecule has 0 fully saturated rings. The lowest BCUT2D eigenvalue weighted by Crippen LogP contribution is -2.30. The summed E-state index contributed by atoms with van der Waals surface area (Å²) in [5, 5.41) is 12.6. The van der Waals surface area contributed by atoms with Gasteiger partial charge < -0.3 is 5.73 Å². The van der Waals surface area contributed by atoms with Crippen molar-refractivity contribution in [3.8, 4) is 11.4 Å². The quantitative estimate of drug-likeness (QED) is 0.873. The Kier molecular flexibility index (Phi) is 3.75. The van der Waals surface area contributed by atoms with Gasteiger partial charge in [0.2, 0.25) is 0 Å². The van der Waals surface area contributed by atoms with Crippen LogP contribution in [0.15, 0.2) is 18.2 Å². The Labute approximate surface area is 117 Å². The molecule has 0 radical (unpaired) electrons. The molecule has 0 unspecified atom stereocenters. The molecular weight excluding hydrogens is 262 g/mol. The van der Waals surface area contributed by atoms with Crippen molar-refractivity contribution in [3.05, 3.63) is 23.2 Å². The van der Waals surface area contributed by atoms with Crippen molar-refractivity contribution in [2.24, 2.45) is 0 Å². The van der Waals surface area contributed by atoms with Crippen molar-refractivity contribution in [3.63, 3.8) is 0 Å². The lowest BCUT2D eigenvalue weighted by Gasteiger charge is -2.27. The number of hydrogen-bond donors (Lipinski definition) is 1. The van der Waals surface area contributed by atoms with Crippen LogP contribution in [0.3, 0.4) is 0 Å². The molecule has 1 aromatic carbocycles. The highest BCUT2D eigenvalue weighted by atomic mass is 35.5. The zero-order valence-electron chi connectivity index (χ0n) is 11.4. The van der Waals surface area contributed by atoms with Crippen LogP contribution in [-0.2, 0) is 5.54 Å². The first kappa shape index (κ1) is 13.8. The summed E-state index contributed by atoms with van der Waals surface area (Å²) in [6.07, 6.45) is 1.85. The molecule has 2 N–H and O–H groups in total. The summed E-state index contributed by atoms with van der Waals surface area (Å²) in [4.78, 5) is 0. The number of rotatable bonds is 4. The Morgan fingerprint density at radius 3 is 2.58 bits per heavy atom. The molecule has 2 rings (SSSR count). The van der Waals surface area contributed by atoms with Gasteiger partial charge in [0, 0.05) is 5.69 Å². The molecule has 0 aliphatic carbocycles. The van der Waals surface area contributed by atoms with E-state index >= 15 is 0 Å². The average molecular weight is 280 g/mol. The van der Waals surface area contributed by atoms with E-state index in [9.17, 15) is 0 Å². The van der Waals surface area contributed by atoms with Crippen LogP contribution >= 0.6 is 11.6 Å². The zero-order chi connectivity index (χ0) is 14.0. The van der Waals surface area contributed by atoms with Gasteiger partial charge in [-0.2, -0.15) is 0 Å². The SMILES string of the molecule is CCC(C)(CC)n1nnnc1-c1c(N)cccc1Cl. The fourth-order valence-corrected chi connectivity index (χ4v) is 2.30. The molecule has 102 valence electrons. The van der Waals surface area contributed by atoms with Gasteiger partial charge in [0.1, 0.15) is 0 Å². The average Bonchev–Trinajstić information content (AvgIpc) is 2.87. The summed E-state index contributed by atoms with van der Waals surface area (Å²) in [6, 6.07) is 5.41. The summed E-state index contributed by atoms with van der Waals surface area (Å²) >= 11 is 6.24. The summed E-state index contributed by atoms with van der Waals surface area (Å²) in [5.74, 6) is 0.620. The molecule has 1 aromatic heterocycles. The third kappa shape index (κ3) is 2.30. The number of benzene rings is 1. The van der Waals surface area contributed by atoms with Crippen molar-refractivity contribution in [2.75, 3.05) is 5.73 Å². The molecule has 19 heavy (non-hydrogen) atoms. The van der Waals surface area contributed by atoms with Crippen LogP contribution < -0.4 is 5.73 Å². The van der Waals surface area contributed by atoms with Gasteiger partial charge in [-0.3, -0.25) is 0 Å². The fraction of sp³-hybridized carbons (Fsp3) is 0.462. The topological polar surface area (TPSA) is 69.6 Å². The Bertz CT molecular complexity index is 554. The Morgan fingerprint density at radius 1 is 1.32 bits per heavy atom. The zero-order valence-corrected chi connectivity index (χ0v) is 12.1. The maximum atomic E-state index is 6.24.